The predicted molar refractivity (Wildman–Crippen MR) is 68.7 cm³/mol. The van der Waals surface area contributed by atoms with Gasteiger partial charge >= 0.3 is 0 Å². The molecule has 100 valence electrons. The molecule has 0 radical (unpaired) electrons. The minimum Gasteiger partial charge on any atom is -0.373 e. The van der Waals surface area contributed by atoms with E-state index in [0.717, 1.165) is 32.2 Å². The van der Waals surface area contributed by atoms with E-state index in [1.807, 2.05) is 4.90 Å². The Morgan fingerprint density at radius 2 is 2.06 bits per heavy atom. The summed E-state index contributed by atoms with van der Waals surface area (Å²) in [5, 5.41) is 0. The van der Waals surface area contributed by atoms with Gasteiger partial charge in [0.05, 0.1) is 12.7 Å². The summed E-state index contributed by atoms with van der Waals surface area (Å²) in [4.78, 5) is 14.3. The quantitative estimate of drug-likeness (QED) is 0.765. The summed E-state index contributed by atoms with van der Waals surface area (Å²) in [5.74, 6) is 0.497. The largest absolute Gasteiger partial charge is 0.373 e. The van der Waals surface area contributed by atoms with Crippen molar-refractivity contribution in [3.05, 3.63) is 0 Å². The molecule has 0 saturated carbocycles. The zero-order valence-electron chi connectivity index (χ0n) is 11.2. The highest BCUT2D eigenvalue weighted by atomic mass is 16.5. The van der Waals surface area contributed by atoms with E-state index in [1.165, 1.54) is 0 Å². The second kappa shape index (κ2) is 7.67. The Morgan fingerprint density at radius 1 is 1.41 bits per heavy atom. The van der Waals surface area contributed by atoms with Crippen LogP contribution in [0.1, 0.15) is 39.5 Å². The van der Waals surface area contributed by atoms with Crippen LogP contribution in [-0.4, -0.2) is 43.2 Å². The number of nitrogens with zero attached hydrogens (tertiary/aromatic N) is 1. The van der Waals surface area contributed by atoms with Gasteiger partial charge in [0.25, 0.3) is 0 Å². The van der Waals surface area contributed by atoms with E-state index in [2.05, 4.69) is 13.8 Å². The number of carbonyl (C=O) groups is 1. The maximum atomic E-state index is 12.4. The molecule has 0 aromatic heterocycles. The smallest absolute Gasteiger partial charge is 0.225 e. The summed E-state index contributed by atoms with van der Waals surface area (Å²) in [5.41, 5.74) is 5.60. The molecule has 0 aromatic rings. The van der Waals surface area contributed by atoms with Crippen LogP contribution in [0.5, 0.6) is 0 Å². The zero-order chi connectivity index (χ0) is 12.7. The summed E-state index contributed by atoms with van der Waals surface area (Å²) in [6.07, 6.45) is 4.16. The highest BCUT2D eigenvalue weighted by Gasteiger charge is 2.27. The highest BCUT2D eigenvalue weighted by molar-refractivity contribution is 5.79. The Hall–Kier alpha value is -0.610. The summed E-state index contributed by atoms with van der Waals surface area (Å²) in [6.45, 7) is 6.78. The van der Waals surface area contributed by atoms with Crippen molar-refractivity contribution >= 4 is 5.91 Å². The lowest BCUT2D eigenvalue weighted by Crippen LogP contribution is -2.49. The van der Waals surface area contributed by atoms with Crippen LogP contribution >= 0.6 is 0 Å². The van der Waals surface area contributed by atoms with Gasteiger partial charge in [0.15, 0.2) is 0 Å². The average Bonchev–Trinajstić information content (AvgIpc) is 2.38. The predicted octanol–water partition coefficient (Wildman–Crippen LogP) is 1.39. The van der Waals surface area contributed by atoms with E-state index >= 15 is 0 Å². The first-order valence-corrected chi connectivity index (χ1v) is 6.83. The average molecular weight is 242 g/mol. The Bertz CT molecular complexity index is 227. The molecular formula is C13H26N2O2. The fourth-order valence-electron chi connectivity index (χ4n) is 2.41. The molecule has 1 heterocycles. The van der Waals surface area contributed by atoms with Crippen LogP contribution in [0.15, 0.2) is 0 Å². The lowest BCUT2D eigenvalue weighted by atomic mass is 9.96. The van der Waals surface area contributed by atoms with Gasteiger partial charge in [-0.15, -0.1) is 0 Å². The first-order chi connectivity index (χ1) is 8.22. The standard InChI is InChI=1S/C13H26N2O2/c1-3-5-11(6-4-2)13(16)15-7-8-17-12(9-14)10-15/h11-12H,3-10,14H2,1-2H3. The van der Waals surface area contributed by atoms with E-state index < -0.39 is 0 Å². The minimum atomic E-state index is 0.0246. The molecule has 0 aromatic carbocycles. The third-order valence-corrected chi connectivity index (χ3v) is 3.34. The molecule has 1 fully saturated rings. The number of carbonyl (C=O) groups excluding carboxylic acids is 1. The molecule has 0 spiro atoms. The monoisotopic (exact) mass is 242 g/mol. The van der Waals surface area contributed by atoms with E-state index in [-0.39, 0.29) is 12.0 Å². The fourth-order valence-corrected chi connectivity index (χ4v) is 2.41. The molecule has 1 amide bonds. The van der Waals surface area contributed by atoms with Crippen molar-refractivity contribution in [2.75, 3.05) is 26.2 Å². The Balaban J connectivity index is 2.53. The lowest BCUT2D eigenvalue weighted by molar-refractivity contribution is -0.143. The van der Waals surface area contributed by atoms with E-state index in [4.69, 9.17) is 10.5 Å². The highest BCUT2D eigenvalue weighted by Crippen LogP contribution is 2.18. The first-order valence-electron chi connectivity index (χ1n) is 6.83. The summed E-state index contributed by atoms with van der Waals surface area (Å²) < 4.78 is 5.49. The van der Waals surface area contributed by atoms with E-state index in [0.29, 0.717) is 25.6 Å². The second-order valence-corrected chi connectivity index (χ2v) is 4.79. The maximum Gasteiger partial charge on any atom is 0.225 e. The van der Waals surface area contributed by atoms with Crippen molar-refractivity contribution in [2.45, 2.75) is 45.6 Å². The zero-order valence-corrected chi connectivity index (χ0v) is 11.2. The molecule has 4 nitrogen and oxygen atoms in total. The molecule has 0 bridgehead atoms. The van der Waals surface area contributed by atoms with Crippen molar-refractivity contribution in [3.63, 3.8) is 0 Å². The summed E-state index contributed by atoms with van der Waals surface area (Å²) in [6, 6.07) is 0. The van der Waals surface area contributed by atoms with Crippen LogP contribution in [0, 0.1) is 5.92 Å². The molecule has 4 heteroatoms. The van der Waals surface area contributed by atoms with Gasteiger partial charge in [-0.3, -0.25) is 4.79 Å². The van der Waals surface area contributed by atoms with Gasteiger partial charge in [-0.05, 0) is 12.8 Å². The van der Waals surface area contributed by atoms with Crippen molar-refractivity contribution in [1.29, 1.82) is 0 Å². The van der Waals surface area contributed by atoms with Crippen LogP contribution < -0.4 is 5.73 Å². The van der Waals surface area contributed by atoms with Crippen LogP contribution in [0.4, 0.5) is 0 Å². The molecule has 17 heavy (non-hydrogen) atoms. The van der Waals surface area contributed by atoms with Gasteiger partial charge in [0, 0.05) is 25.6 Å². The van der Waals surface area contributed by atoms with Gasteiger partial charge in [0.2, 0.25) is 5.91 Å². The molecule has 1 saturated heterocycles. The van der Waals surface area contributed by atoms with Crippen LogP contribution in [0.25, 0.3) is 0 Å². The molecule has 1 aliphatic heterocycles. The topological polar surface area (TPSA) is 55.6 Å². The van der Waals surface area contributed by atoms with E-state index in [9.17, 15) is 4.79 Å². The first kappa shape index (κ1) is 14.5. The van der Waals surface area contributed by atoms with Crippen LogP contribution in [0.3, 0.4) is 0 Å². The number of amides is 1. The molecule has 2 N–H and O–H groups in total. The molecule has 1 aliphatic rings. The normalized spacial score (nSPS) is 20.9. The SMILES string of the molecule is CCCC(CCC)C(=O)N1CCOC(CN)C1. The number of nitrogens with two attached hydrogens (primary N) is 1. The van der Waals surface area contributed by atoms with Gasteiger partial charge in [-0.25, -0.2) is 0 Å². The van der Waals surface area contributed by atoms with Gasteiger partial charge in [-0.2, -0.15) is 0 Å². The summed E-state index contributed by atoms with van der Waals surface area (Å²) >= 11 is 0. The van der Waals surface area contributed by atoms with Crippen molar-refractivity contribution in [3.8, 4) is 0 Å². The van der Waals surface area contributed by atoms with Crippen molar-refractivity contribution < 1.29 is 9.53 Å². The Kier molecular flexibility index (Phi) is 6.52. The van der Waals surface area contributed by atoms with Crippen molar-refractivity contribution in [1.82, 2.24) is 4.90 Å². The third kappa shape index (κ3) is 4.28. The second-order valence-electron chi connectivity index (χ2n) is 4.79. The number of rotatable bonds is 6. The van der Waals surface area contributed by atoms with Crippen LogP contribution in [0.2, 0.25) is 0 Å². The Labute approximate surface area is 104 Å². The van der Waals surface area contributed by atoms with Gasteiger partial charge in [-0.1, -0.05) is 26.7 Å². The number of ether oxygens (including phenoxy) is 1. The molecule has 1 unspecified atom stereocenters. The molecule has 0 aliphatic carbocycles. The van der Waals surface area contributed by atoms with Gasteiger partial charge < -0.3 is 15.4 Å². The lowest BCUT2D eigenvalue weighted by Gasteiger charge is -2.34. The van der Waals surface area contributed by atoms with Gasteiger partial charge in [0.1, 0.15) is 0 Å². The number of morpholine rings is 1. The molecule has 1 rings (SSSR count). The maximum absolute atomic E-state index is 12.4. The van der Waals surface area contributed by atoms with Crippen molar-refractivity contribution in [2.24, 2.45) is 11.7 Å². The fraction of sp³-hybridized carbons (Fsp3) is 0.923. The molecule has 1 atom stereocenters. The number of hydrogen-bond donors (Lipinski definition) is 1. The third-order valence-electron chi connectivity index (χ3n) is 3.34. The summed E-state index contributed by atoms with van der Waals surface area (Å²) in [7, 11) is 0. The number of hydrogen-bond acceptors (Lipinski definition) is 3. The molecular weight excluding hydrogens is 216 g/mol. The van der Waals surface area contributed by atoms with E-state index in [1.54, 1.807) is 0 Å². The van der Waals surface area contributed by atoms with Crippen LogP contribution in [-0.2, 0) is 9.53 Å². The Morgan fingerprint density at radius 3 is 2.59 bits per heavy atom. The minimum absolute atomic E-state index is 0.0246.